The lowest BCUT2D eigenvalue weighted by molar-refractivity contribution is 0.629. The highest BCUT2D eigenvalue weighted by Gasteiger charge is 2.04. The zero-order valence-electron chi connectivity index (χ0n) is 8.77. The van der Waals surface area contributed by atoms with Gasteiger partial charge >= 0.3 is 0 Å². The van der Waals surface area contributed by atoms with Crippen LogP contribution >= 0.6 is 11.3 Å². The quantitative estimate of drug-likeness (QED) is 0.856. The average molecular weight is 223 g/mol. The Bertz CT molecular complexity index is 433. The van der Waals surface area contributed by atoms with Gasteiger partial charge in [-0.3, -0.25) is 0 Å². The summed E-state index contributed by atoms with van der Waals surface area (Å²) in [5, 5.41) is 16.7. The fourth-order valence-electron chi connectivity index (χ4n) is 1.29. The number of tetrazole rings is 1. The second kappa shape index (κ2) is 4.39. The van der Waals surface area contributed by atoms with Gasteiger partial charge in [-0.15, -0.1) is 11.3 Å². The minimum Gasteiger partial charge on any atom is -0.348 e. The molecular weight excluding hydrogens is 210 g/mol. The van der Waals surface area contributed by atoms with Crippen molar-refractivity contribution in [2.24, 2.45) is 0 Å². The van der Waals surface area contributed by atoms with Crippen LogP contribution in [0.2, 0.25) is 0 Å². The molecule has 2 aromatic rings. The fourth-order valence-corrected chi connectivity index (χ4v) is 2.13. The Morgan fingerprint density at radius 1 is 1.53 bits per heavy atom. The largest absolute Gasteiger partial charge is 0.348 e. The van der Waals surface area contributed by atoms with Crippen molar-refractivity contribution in [1.82, 2.24) is 20.2 Å². The molecule has 1 N–H and O–H groups in total. The Balaban J connectivity index is 2.02. The third-order valence-electron chi connectivity index (χ3n) is 2.21. The van der Waals surface area contributed by atoms with E-state index in [1.54, 1.807) is 16.0 Å². The molecule has 6 heteroatoms. The number of thiophene rings is 1. The summed E-state index contributed by atoms with van der Waals surface area (Å²) < 4.78 is 1.74. The van der Waals surface area contributed by atoms with Crippen LogP contribution in [0.4, 0.5) is 5.95 Å². The Labute approximate surface area is 92.1 Å². The van der Waals surface area contributed by atoms with Gasteiger partial charge in [0.2, 0.25) is 5.95 Å². The smallest absolute Gasteiger partial charge is 0.243 e. The lowest BCUT2D eigenvalue weighted by Gasteiger charge is -2.04. The molecule has 2 rings (SSSR count). The van der Waals surface area contributed by atoms with Crippen LogP contribution in [0.5, 0.6) is 0 Å². The van der Waals surface area contributed by atoms with Gasteiger partial charge in [-0.1, -0.05) is 5.10 Å². The number of aromatic nitrogens is 4. The summed E-state index contributed by atoms with van der Waals surface area (Å²) in [6, 6.07) is 2.12. The SMILES string of the molecule is CCn1nnnc1NCc1sccc1C. The predicted octanol–water partition coefficient (Wildman–Crippen LogP) is 1.68. The molecule has 5 nitrogen and oxygen atoms in total. The molecule has 2 aromatic heterocycles. The van der Waals surface area contributed by atoms with Crippen molar-refractivity contribution in [3.05, 3.63) is 21.9 Å². The van der Waals surface area contributed by atoms with E-state index in [0.29, 0.717) is 0 Å². The lowest BCUT2D eigenvalue weighted by Crippen LogP contribution is -2.07. The molecule has 0 aliphatic carbocycles. The van der Waals surface area contributed by atoms with Crippen LogP contribution in [0, 0.1) is 6.92 Å². The third kappa shape index (κ3) is 2.15. The first kappa shape index (κ1) is 10.1. The summed E-state index contributed by atoms with van der Waals surface area (Å²) in [6.07, 6.45) is 0. The first-order valence-electron chi connectivity index (χ1n) is 4.84. The molecule has 0 radical (unpaired) electrons. The fraction of sp³-hybridized carbons (Fsp3) is 0.444. The molecule has 0 spiro atoms. The molecule has 0 aliphatic heterocycles. The van der Waals surface area contributed by atoms with Crippen LogP contribution in [0.15, 0.2) is 11.4 Å². The Kier molecular flexibility index (Phi) is 2.96. The van der Waals surface area contributed by atoms with Crippen molar-refractivity contribution >= 4 is 17.3 Å². The molecule has 0 saturated heterocycles. The van der Waals surface area contributed by atoms with Crippen LogP contribution in [0.3, 0.4) is 0 Å². The number of aryl methyl sites for hydroxylation is 2. The number of hydrogen-bond donors (Lipinski definition) is 1. The van der Waals surface area contributed by atoms with Gasteiger partial charge in [-0.2, -0.15) is 0 Å². The number of nitrogens with one attached hydrogen (secondary N) is 1. The molecule has 0 unspecified atom stereocenters. The lowest BCUT2D eigenvalue weighted by atomic mass is 10.3. The molecule has 0 atom stereocenters. The highest BCUT2D eigenvalue weighted by atomic mass is 32.1. The maximum Gasteiger partial charge on any atom is 0.243 e. The second-order valence-electron chi connectivity index (χ2n) is 3.20. The van der Waals surface area contributed by atoms with E-state index in [4.69, 9.17) is 0 Å². The molecule has 0 amide bonds. The Morgan fingerprint density at radius 2 is 2.40 bits per heavy atom. The van der Waals surface area contributed by atoms with Crippen molar-refractivity contribution in [3.63, 3.8) is 0 Å². The van der Waals surface area contributed by atoms with E-state index in [-0.39, 0.29) is 0 Å². The van der Waals surface area contributed by atoms with Crippen LogP contribution in [0.25, 0.3) is 0 Å². The van der Waals surface area contributed by atoms with E-state index in [1.165, 1.54) is 10.4 Å². The third-order valence-corrected chi connectivity index (χ3v) is 3.23. The molecular formula is C9H13N5S. The minimum absolute atomic E-state index is 0.727. The number of rotatable bonds is 4. The summed E-state index contributed by atoms with van der Waals surface area (Å²) in [4.78, 5) is 1.32. The van der Waals surface area contributed by atoms with Gasteiger partial charge in [-0.05, 0) is 41.3 Å². The van der Waals surface area contributed by atoms with E-state index in [9.17, 15) is 0 Å². The average Bonchev–Trinajstić information content (AvgIpc) is 2.83. The van der Waals surface area contributed by atoms with Crippen molar-refractivity contribution in [2.75, 3.05) is 5.32 Å². The molecule has 0 bridgehead atoms. The summed E-state index contributed by atoms with van der Waals surface area (Å²) in [5.41, 5.74) is 1.31. The van der Waals surface area contributed by atoms with Crippen LogP contribution in [-0.2, 0) is 13.1 Å². The topological polar surface area (TPSA) is 55.6 Å². The van der Waals surface area contributed by atoms with Crippen molar-refractivity contribution < 1.29 is 0 Å². The van der Waals surface area contributed by atoms with Gasteiger partial charge in [-0.25, -0.2) is 4.68 Å². The van der Waals surface area contributed by atoms with Gasteiger partial charge in [0.15, 0.2) is 0 Å². The van der Waals surface area contributed by atoms with Gasteiger partial charge in [0.25, 0.3) is 0 Å². The van der Waals surface area contributed by atoms with Crippen molar-refractivity contribution in [1.29, 1.82) is 0 Å². The highest BCUT2D eigenvalue weighted by molar-refractivity contribution is 7.10. The first-order chi connectivity index (χ1) is 7.31. The zero-order valence-corrected chi connectivity index (χ0v) is 9.58. The molecule has 0 fully saturated rings. The monoisotopic (exact) mass is 223 g/mol. The van der Waals surface area contributed by atoms with Crippen molar-refractivity contribution in [3.8, 4) is 0 Å². The normalized spacial score (nSPS) is 10.5. The summed E-state index contributed by atoms with van der Waals surface area (Å²) in [5.74, 6) is 0.727. The first-order valence-corrected chi connectivity index (χ1v) is 5.72. The maximum atomic E-state index is 3.91. The number of hydrogen-bond acceptors (Lipinski definition) is 5. The Hall–Kier alpha value is -1.43. The molecule has 2 heterocycles. The molecule has 0 aromatic carbocycles. The van der Waals surface area contributed by atoms with Crippen LogP contribution in [0.1, 0.15) is 17.4 Å². The molecule has 15 heavy (non-hydrogen) atoms. The standard InChI is InChI=1S/C9H13N5S/c1-3-14-9(11-12-13-14)10-6-8-7(2)4-5-15-8/h4-5H,3,6H2,1-2H3,(H,10,11,13). The predicted molar refractivity (Wildman–Crippen MR) is 59.9 cm³/mol. The van der Waals surface area contributed by atoms with Gasteiger partial charge in [0.05, 0.1) is 6.54 Å². The second-order valence-corrected chi connectivity index (χ2v) is 4.20. The van der Waals surface area contributed by atoms with Gasteiger partial charge in [0, 0.05) is 11.4 Å². The zero-order chi connectivity index (χ0) is 10.7. The van der Waals surface area contributed by atoms with E-state index >= 15 is 0 Å². The van der Waals surface area contributed by atoms with E-state index in [2.05, 4.69) is 39.2 Å². The molecule has 80 valence electrons. The van der Waals surface area contributed by atoms with Crippen LogP contribution < -0.4 is 5.32 Å². The van der Waals surface area contributed by atoms with Crippen LogP contribution in [-0.4, -0.2) is 20.2 Å². The summed E-state index contributed by atoms with van der Waals surface area (Å²) in [6.45, 7) is 5.68. The maximum absolute atomic E-state index is 3.91. The number of anilines is 1. The summed E-state index contributed by atoms with van der Waals surface area (Å²) in [7, 11) is 0. The molecule has 0 aliphatic rings. The van der Waals surface area contributed by atoms with E-state index in [0.717, 1.165) is 19.0 Å². The minimum atomic E-state index is 0.727. The van der Waals surface area contributed by atoms with Gasteiger partial charge < -0.3 is 5.32 Å². The highest BCUT2D eigenvalue weighted by Crippen LogP contribution is 2.16. The molecule has 0 saturated carbocycles. The van der Waals surface area contributed by atoms with Crippen molar-refractivity contribution in [2.45, 2.75) is 26.9 Å². The summed E-state index contributed by atoms with van der Waals surface area (Å²) >= 11 is 1.74. The number of nitrogens with zero attached hydrogens (tertiary/aromatic N) is 4. The Morgan fingerprint density at radius 3 is 3.07 bits per heavy atom. The van der Waals surface area contributed by atoms with E-state index in [1.807, 2.05) is 6.92 Å². The van der Waals surface area contributed by atoms with Gasteiger partial charge in [0.1, 0.15) is 0 Å². The van der Waals surface area contributed by atoms with E-state index < -0.39 is 0 Å².